The quantitative estimate of drug-likeness (QED) is 0.682. The van der Waals surface area contributed by atoms with E-state index in [0.29, 0.717) is 10.6 Å². The molecule has 0 unspecified atom stereocenters. The lowest BCUT2D eigenvalue weighted by atomic mass is 9.80. The third kappa shape index (κ3) is 2.97. The van der Waals surface area contributed by atoms with Crippen molar-refractivity contribution >= 4 is 29.4 Å². The third-order valence-electron chi connectivity index (χ3n) is 5.97. The highest BCUT2D eigenvalue weighted by atomic mass is 35.5. The smallest absolute Gasteiger partial charge is 0.240 e. The Bertz CT molecular complexity index is 1010. The fourth-order valence-electron chi connectivity index (χ4n) is 4.52. The number of halogens is 1. The Hall–Kier alpha value is -2.90. The van der Waals surface area contributed by atoms with Gasteiger partial charge in [-0.05, 0) is 30.7 Å². The molecule has 3 N–H and O–H groups in total. The average Bonchev–Trinajstić information content (AvgIpc) is 3.14. The molecule has 0 bridgehead atoms. The number of amides is 2. The van der Waals surface area contributed by atoms with E-state index in [-0.39, 0.29) is 12.3 Å². The molecule has 7 nitrogen and oxygen atoms in total. The predicted octanol–water partition coefficient (Wildman–Crippen LogP) is -0.0263. The molecule has 2 aromatic rings. The van der Waals surface area contributed by atoms with E-state index in [9.17, 15) is 24.6 Å². The van der Waals surface area contributed by atoms with Crippen LogP contribution in [0.1, 0.15) is 24.1 Å². The van der Waals surface area contributed by atoms with E-state index in [0.717, 1.165) is 10.5 Å². The van der Waals surface area contributed by atoms with Gasteiger partial charge in [-0.25, -0.2) is 0 Å². The summed E-state index contributed by atoms with van der Waals surface area (Å²) in [5, 5.41) is 24.1. The van der Waals surface area contributed by atoms with Crippen molar-refractivity contribution < 1.29 is 29.9 Å². The van der Waals surface area contributed by atoms with Gasteiger partial charge in [-0.2, -0.15) is 0 Å². The van der Waals surface area contributed by atoms with Gasteiger partial charge in [0.25, 0.3) is 0 Å². The van der Waals surface area contributed by atoms with Crippen molar-refractivity contribution in [1.82, 2.24) is 4.90 Å². The third-order valence-corrected chi connectivity index (χ3v) is 6.21. The molecule has 2 aromatic carbocycles. The normalized spacial score (nSPS) is 28.6. The summed E-state index contributed by atoms with van der Waals surface area (Å²) in [6.07, 6.45) is 0. The van der Waals surface area contributed by atoms with E-state index in [1.807, 2.05) is 6.07 Å². The summed E-state index contributed by atoms with van der Waals surface area (Å²) in [6, 6.07) is 12.6. The first-order valence-electron chi connectivity index (χ1n) is 9.19. The number of benzene rings is 2. The second kappa shape index (κ2) is 6.86. The number of likely N-dealkylation sites (tertiary alicyclic amines) is 1. The highest BCUT2D eigenvalue weighted by molar-refractivity contribution is 6.30. The zero-order valence-electron chi connectivity index (χ0n) is 15.5. The fourth-order valence-corrected chi connectivity index (χ4v) is 4.70. The molecular weight excluding hydrogens is 396 g/mol. The number of carboxylic acids is 1. The average molecular weight is 415 g/mol. The van der Waals surface area contributed by atoms with Crippen molar-refractivity contribution in [2.45, 2.75) is 25.0 Å². The molecule has 0 aliphatic carbocycles. The molecule has 8 heteroatoms. The number of quaternary nitrogens is 1. The van der Waals surface area contributed by atoms with Crippen LogP contribution >= 0.6 is 11.6 Å². The largest absolute Gasteiger partial charge is 0.544 e. The summed E-state index contributed by atoms with van der Waals surface area (Å²) >= 11 is 6.06. The van der Waals surface area contributed by atoms with Crippen LogP contribution in [0.25, 0.3) is 0 Å². The van der Waals surface area contributed by atoms with Crippen LogP contribution in [0.5, 0.6) is 5.75 Å². The second-order valence-electron chi connectivity index (χ2n) is 7.72. The number of nitrogens with two attached hydrogens (primary N) is 1. The maximum atomic E-state index is 13.2. The zero-order valence-corrected chi connectivity index (χ0v) is 16.3. The summed E-state index contributed by atoms with van der Waals surface area (Å²) in [4.78, 5) is 39.5. The van der Waals surface area contributed by atoms with Crippen LogP contribution in [-0.2, 0) is 20.9 Å². The topological polar surface area (TPSA) is 114 Å². The van der Waals surface area contributed by atoms with Gasteiger partial charge in [0.1, 0.15) is 35.1 Å². The molecule has 150 valence electrons. The first-order chi connectivity index (χ1) is 13.7. The number of carboxylic acid groups (broad SMARTS) is 1. The van der Waals surface area contributed by atoms with Gasteiger partial charge in [0, 0.05) is 5.02 Å². The minimum absolute atomic E-state index is 0.0584. The molecule has 2 fully saturated rings. The molecule has 2 heterocycles. The van der Waals surface area contributed by atoms with E-state index in [1.165, 1.54) is 30.4 Å². The van der Waals surface area contributed by atoms with Gasteiger partial charge < -0.3 is 20.3 Å². The van der Waals surface area contributed by atoms with Crippen LogP contribution in [-0.4, -0.2) is 33.3 Å². The van der Waals surface area contributed by atoms with Crippen LogP contribution in [0.4, 0.5) is 0 Å². The molecule has 2 aliphatic heterocycles. The van der Waals surface area contributed by atoms with Crippen LogP contribution in [0.3, 0.4) is 0 Å². The number of aromatic hydroxyl groups is 1. The summed E-state index contributed by atoms with van der Waals surface area (Å²) in [5.74, 6) is -4.60. The molecular formula is C21H19ClN2O5. The van der Waals surface area contributed by atoms with Gasteiger partial charge >= 0.3 is 0 Å². The summed E-state index contributed by atoms with van der Waals surface area (Å²) < 4.78 is 0. The van der Waals surface area contributed by atoms with Gasteiger partial charge in [-0.3, -0.25) is 14.5 Å². The molecule has 2 aliphatic rings. The van der Waals surface area contributed by atoms with Crippen molar-refractivity contribution in [3.05, 3.63) is 64.7 Å². The molecule has 0 spiro atoms. The number of fused-ring (bicyclic) bond motifs is 1. The standard InChI is InChI=1S/C21H19ClN2O5/c1-21(20(28)29)16-15(17(23-21)13-9-12(22)7-8-14(13)25)18(26)24(19(16)27)10-11-5-3-2-4-6-11/h2-9,15-17,23,25H,10H2,1H3,(H,28,29)/t15-,16-,17-,21+/m0/s1. The van der Waals surface area contributed by atoms with E-state index < -0.39 is 41.2 Å². The van der Waals surface area contributed by atoms with Crippen molar-refractivity contribution in [2.24, 2.45) is 11.8 Å². The van der Waals surface area contributed by atoms with Gasteiger partial charge in [-0.1, -0.05) is 41.9 Å². The first-order valence-corrected chi connectivity index (χ1v) is 9.57. The fraction of sp³-hybridized carbons (Fsp3) is 0.286. The maximum Gasteiger partial charge on any atom is 0.240 e. The molecule has 4 rings (SSSR count). The summed E-state index contributed by atoms with van der Waals surface area (Å²) in [7, 11) is 0. The van der Waals surface area contributed by atoms with E-state index in [2.05, 4.69) is 0 Å². The second-order valence-corrected chi connectivity index (χ2v) is 8.15. The number of rotatable bonds is 4. The van der Waals surface area contributed by atoms with Crippen LogP contribution in [0.2, 0.25) is 5.02 Å². The minimum atomic E-state index is -1.65. The Balaban J connectivity index is 1.78. The number of hydrogen-bond acceptors (Lipinski definition) is 5. The predicted molar refractivity (Wildman–Crippen MR) is 100 cm³/mol. The number of aliphatic carboxylic acids is 1. The van der Waals surface area contributed by atoms with Gasteiger partial charge in [0.15, 0.2) is 0 Å². The summed E-state index contributed by atoms with van der Waals surface area (Å²) in [6.45, 7) is 1.45. The Labute approximate surface area is 171 Å². The van der Waals surface area contributed by atoms with Crippen LogP contribution < -0.4 is 10.4 Å². The number of nitrogens with zero attached hydrogens (tertiary/aromatic N) is 1. The number of imide groups is 1. The molecule has 0 saturated carbocycles. The molecule has 2 saturated heterocycles. The van der Waals surface area contributed by atoms with Crippen molar-refractivity contribution in [3.63, 3.8) is 0 Å². The Morgan fingerprint density at radius 1 is 1.21 bits per heavy atom. The Kier molecular flexibility index (Phi) is 4.59. The van der Waals surface area contributed by atoms with Crippen molar-refractivity contribution in [1.29, 1.82) is 0 Å². The van der Waals surface area contributed by atoms with E-state index in [1.54, 1.807) is 24.3 Å². The monoisotopic (exact) mass is 414 g/mol. The molecule has 2 amide bonds. The number of carbonyl (C=O) groups is 3. The zero-order chi connectivity index (χ0) is 20.9. The van der Waals surface area contributed by atoms with Gasteiger partial charge in [0.05, 0.1) is 12.1 Å². The SMILES string of the molecule is C[C@@]1(C(=O)[O-])[NH2+][C@@H](c2cc(Cl)ccc2O)[C@H]2C(=O)N(Cc3ccccc3)C(=O)[C@H]21. The lowest BCUT2D eigenvalue weighted by molar-refractivity contribution is -0.735. The lowest BCUT2D eigenvalue weighted by Crippen LogP contribution is -2.98. The van der Waals surface area contributed by atoms with Gasteiger partial charge in [0.2, 0.25) is 11.8 Å². The van der Waals surface area contributed by atoms with E-state index in [4.69, 9.17) is 11.6 Å². The Morgan fingerprint density at radius 2 is 1.90 bits per heavy atom. The number of phenols is 1. The van der Waals surface area contributed by atoms with Crippen LogP contribution in [0, 0.1) is 11.8 Å². The summed E-state index contributed by atoms with van der Waals surface area (Å²) in [5.41, 5.74) is -0.571. The molecule has 0 aromatic heterocycles. The maximum absolute atomic E-state index is 13.2. The lowest BCUT2D eigenvalue weighted by Gasteiger charge is -2.29. The van der Waals surface area contributed by atoms with Crippen molar-refractivity contribution in [3.8, 4) is 5.75 Å². The first kappa shape index (κ1) is 19.4. The highest BCUT2D eigenvalue weighted by Gasteiger charge is 2.68. The molecule has 4 atom stereocenters. The number of hydrogen-bond donors (Lipinski definition) is 2. The van der Waals surface area contributed by atoms with Crippen LogP contribution in [0.15, 0.2) is 48.5 Å². The number of phenolic OH excluding ortho intramolecular Hbond substituents is 1. The Morgan fingerprint density at radius 3 is 2.55 bits per heavy atom. The minimum Gasteiger partial charge on any atom is -0.544 e. The molecule has 0 radical (unpaired) electrons. The molecule has 29 heavy (non-hydrogen) atoms. The van der Waals surface area contributed by atoms with Crippen molar-refractivity contribution in [2.75, 3.05) is 0 Å². The highest BCUT2D eigenvalue weighted by Crippen LogP contribution is 2.46. The van der Waals surface area contributed by atoms with Gasteiger partial charge in [-0.15, -0.1) is 0 Å². The number of carbonyl (C=O) groups excluding carboxylic acids is 3. The van der Waals surface area contributed by atoms with E-state index >= 15 is 0 Å².